The molecule has 0 saturated heterocycles. The van der Waals surface area contributed by atoms with Crippen molar-refractivity contribution in [3.63, 3.8) is 0 Å². The van der Waals surface area contributed by atoms with Crippen LogP contribution in [0, 0.1) is 0 Å². The first-order valence-corrected chi connectivity index (χ1v) is 11.6. The van der Waals surface area contributed by atoms with Gasteiger partial charge in [0, 0.05) is 13.0 Å². The van der Waals surface area contributed by atoms with Gasteiger partial charge in [0.2, 0.25) is 23.6 Å². The Morgan fingerprint density at radius 2 is 1.55 bits per heavy atom. The topological polar surface area (TPSA) is 258 Å². The highest BCUT2D eigenvalue weighted by molar-refractivity contribution is 7.98. The molecule has 12 N–H and O–H groups in total. The zero-order valence-corrected chi connectivity index (χ0v) is 19.4. The number of thioether (sulfide) groups is 1. The van der Waals surface area contributed by atoms with Crippen LogP contribution >= 0.6 is 11.8 Å². The molecule has 0 saturated carbocycles. The quantitative estimate of drug-likeness (QED) is 0.0568. The van der Waals surface area contributed by atoms with Crippen LogP contribution in [0.15, 0.2) is 4.99 Å². The van der Waals surface area contributed by atoms with Crippen molar-refractivity contribution in [2.24, 2.45) is 27.9 Å². The molecule has 33 heavy (non-hydrogen) atoms. The minimum atomic E-state index is -1.28. The van der Waals surface area contributed by atoms with E-state index in [1.807, 2.05) is 6.26 Å². The lowest BCUT2D eigenvalue weighted by molar-refractivity contribution is -0.138. The van der Waals surface area contributed by atoms with Crippen LogP contribution in [-0.4, -0.2) is 83.9 Å². The lowest BCUT2D eigenvalue weighted by atomic mass is 10.1. The number of carbonyl (C=O) groups is 5. The number of rotatable bonds is 17. The van der Waals surface area contributed by atoms with Crippen LogP contribution < -0.4 is 38.9 Å². The van der Waals surface area contributed by atoms with Gasteiger partial charge in [0.15, 0.2) is 5.96 Å². The molecule has 0 aromatic heterocycles. The molecular weight excluding hydrogens is 456 g/mol. The van der Waals surface area contributed by atoms with E-state index in [0.717, 1.165) is 0 Å². The third-order valence-corrected chi connectivity index (χ3v) is 4.92. The van der Waals surface area contributed by atoms with E-state index in [9.17, 15) is 24.0 Å². The maximum atomic E-state index is 12.8. The number of primary amides is 1. The number of hydrogen-bond donors (Lipinski definition) is 8. The van der Waals surface area contributed by atoms with Crippen molar-refractivity contribution in [2.75, 3.05) is 25.1 Å². The summed E-state index contributed by atoms with van der Waals surface area (Å²) < 4.78 is 0. The molecule has 0 bridgehead atoms. The number of hydrogen-bond acceptors (Lipinski definition) is 8. The summed E-state index contributed by atoms with van der Waals surface area (Å²) in [6.07, 6.45) is 2.44. The molecule has 0 aliphatic heterocycles. The van der Waals surface area contributed by atoms with Gasteiger partial charge < -0.3 is 44.0 Å². The van der Waals surface area contributed by atoms with Crippen LogP contribution in [0.2, 0.25) is 0 Å². The van der Waals surface area contributed by atoms with Gasteiger partial charge in [0.25, 0.3) is 0 Å². The van der Waals surface area contributed by atoms with E-state index in [0.29, 0.717) is 18.7 Å². The van der Waals surface area contributed by atoms with Gasteiger partial charge in [-0.05, 0) is 37.7 Å². The number of guanidine groups is 1. The summed E-state index contributed by atoms with van der Waals surface area (Å²) in [6, 6.07) is -3.13. The average molecular weight is 491 g/mol. The molecule has 0 radical (unpaired) electrons. The molecule has 0 spiro atoms. The van der Waals surface area contributed by atoms with Crippen LogP contribution in [0.4, 0.5) is 0 Å². The second kappa shape index (κ2) is 16.5. The summed E-state index contributed by atoms with van der Waals surface area (Å²) in [6.45, 7) is -0.365. The van der Waals surface area contributed by atoms with Gasteiger partial charge in [-0.3, -0.25) is 29.0 Å². The van der Waals surface area contributed by atoms with Gasteiger partial charge in [-0.2, -0.15) is 11.8 Å². The molecule has 4 amide bonds. The van der Waals surface area contributed by atoms with Gasteiger partial charge in [0.1, 0.15) is 18.6 Å². The van der Waals surface area contributed by atoms with Crippen LogP contribution in [-0.2, 0) is 24.0 Å². The summed E-state index contributed by atoms with van der Waals surface area (Å²) in [5.74, 6) is -3.55. The molecule has 0 rings (SSSR count). The summed E-state index contributed by atoms with van der Waals surface area (Å²) >= 11 is 1.45. The van der Waals surface area contributed by atoms with Crippen molar-refractivity contribution in [2.45, 2.75) is 50.2 Å². The van der Waals surface area contributed by atoms with Gasteiger partial charge in [-0.15, -0.1) is 0 Å². The van der Waals surface area contributed by atoms with E-state index in [1.54, 1.807) is 0 Å². The van der Waals surface area contributed by atoms with Crippen molar-refractivity contribution in [3.8, 4) is 0 Å². The number of nitrogens with one attached hydrogen (secondary N) is 3. The number of carboxylic acids is 1. The first-order valence-electron chi connectivity index (χ1n) is 10.2. The predicted octanol–water partition coefficient (Wildman–Crippen LogP) is -3.44. The molecule has 0 aromatic rings. The maximum absolute atomic E-state index is 12.8. The van der Waals surface area contributed by atoms with Gasteiger partial charge in [-0.1, -0.05) is 0 Å². The second-order valence-electron chi connectivity index (χ2n) is 7.08. The molecule has 0 aliphatic rings. The highest BCUT2D eigenvalue weighted by Crippen LogP contribution is 2.05. The zero-order valence-electron chi connectivity index (χ0n) is 18.5. The van der Waals surface area contributed by atoms with E-state index in [4.69, 9.17) is 28.0 Å². The fourth-order valence-electron chi connectivity index (χ4n) is 2.55. The number of aliphatic carboxylic acids is 1. The average Bonchev–Trinajstić information content (AvgIpc) is 2.74. The molecule has 0 heterocycles. The van der Waals surface area contributed by atoms with Gasteiger partial charge in [0.05, 0.1) is 6.04 Å². The largest absolute Gasteiger partial charge is 0.480 e. The number of carboxylic acid groups (broad SMARTS) is 1. The predicted molar refractivity (Wildman–Crippen MR) is 124 cm³/mol. The third kappa shape index (κ3) is 14.6. The number of aliphatic imine (C=N–C) groups is 1. The van der Waals surface area contributed by atoms with Gasteiger partial charge in [-0.25, -0.2) is 0 Å². The Morgan fingerprint density at radius 3 is 2.09 bits per heavy atom. The summed E-state index contributed by atoms with van der Waals surface area (Å²) in [4.78, 5) is 63.1. The minimum absolute atomic E-state index is 0.0693. The maximum Gasteiger partial charge on any atom is 0.322 e. The molecular formula is C18H34N8O6S. The molecule has 3 atom stereocenters. The van der Waals surface area contributed by atoms with E-state index < -0.39 is 54.3 Å². The zero-order chi connectivity index (χ0) is 25.4. The Bertz CT molecular complexity index is 716. The van der Waals surface area contributed by atoms with Crippen molar-refractivity contribution in [3.05, 3.63) is 0 Å². The third-order valence-electron chi connectivity index (χ3n) is 4.27. The van der Waals surface area contributed by atoms with Crippen molar-refractivity contribution >= 4 is 47.3 Å². The number of nitrogens with zero attached hydrogens (tertiary/aromatic N) is 1. The summed E-state index contributed by atoms with van der Waals surface area (Å²) in [5.41, 5.74) is 21.5. The van der Waals surface area contributed by atoms with Crippen LogP contribution in [0.25, 0.3) is 0 Å². The lowest BCUT2D eigenvalue weighted by Gasteiger charge is -2.24. The normalized spacial score (nSPS) is 13.2. The Hall–Kier alpha value is -3.07. The van der Waals surface area contributed by atoms with Crippen LogP contribution in [0.3, 0.4) is 0 Å². The van der Waals surface area contributed by atoms with Gasteiger partial charge >= 0.3 is 5.97 Å². The molecule has 14 nitrogen and oxygen atoms in total. The monoisotopic (exact) mass is 490 g/mol. The Kier molecular flexibility index (Phi) is 15.0. The molecule has 15 heteroatoms. The Morgan fingerprint density at radius 1 is 0.939 bits per heavy atom. The number of carbonyl (C=O) groups excluding carboxylic acids is 4. The van der Waals surface area contributed by atoms with Crippen LogP contribution in [0.5, 0.6) is 0 Å². The van der Waals surface area contributed by atoms with Crippen molar-refractivity contribution in [1.82, 2.24) is 16.0 Å². The molecule has 0 fully saturated rings. The SMILES string of the molecule is CSCCC(NC(=O)C(N)CCCN=C(N)N)C(=O)NC(CCC(N)=O)C(=O)NCC(=O)O. The fourth-order valence-corrected chi connectivity index (χ4v) is 3.02. The Balaban J connectivity index is 5.15. The number of nitrogens with two attached hydrogens (primary N) is 4. The summed E-state index contributed by atoms with van der Waals surface area (Å²) in [5, 5.41) is 15.9. The molecule has 3 unspecified atom stereocenters. The molecule has 188 valence electrons. The highest BCUT2D eigenvalue weighted by atomic mass is 32.2. The second-order valence-corrected chi connectivity index (χ2v) is 8.06. The van der Waals surface area contributed by atoms with Crippen LogP contribution in [0.1, 0.15) is 32.1 Å². The molecule has 0 aromatic carbocycles. The summed E-state index contributed by atoms with van der Waals surface area (Å²) in [7, 11) is 0. The first-order chi connectivity index (χ1) is 15.5. The standard InChI is InChI=1S/C18H34N8O6S/c1-33-8-6-12(25-15(30)10(19)3-2-7-23-18(21)22)17(32)26-11(4-5-13(20)27)16(31)24-9-14(28)29/h10-12H,2-9,19H2,1H3,(H2,20,27)(H,24,31)(H,25,30)(H,26,32)(H,28,29)(H4,21,22,23). The van der Waals surface area contributed by atoms with E-state index in [2.05, 4.69) is 20.9 Å². The smallest absolute Gasteiger partial charge is 0.322 e. The van der Waals surface area contributed by atoms with Crippen molar-refractivity contribution in [1.29, 1.82) is 0 Å². The first kappa shape index (κ1) is 29.9. The fraction of sp³-hybridized carbons (Fsp3) is 0.667. The van der Waals surface area contributed by atoms with E-state index in [1.165, 1.54) is 11.8 Å². The van der Waals surface area contributed by atoms with E-state index in [-0.39, 0.29) is 31.6 Å². The number of amides is 4. The van der Waals surface area contributed by atoms with E-state index >= 15 is 0 Å². The minimum Gasteiger partial charge on any atom is -0.480 e. The van der Waals surface area contributed by atoms with Crippen molar-refractivity contribution < 1.29 is 29.1 Å². The molecule has 0 aliphatic carbocycles. The Labute approximate surface area is 196 Å². The highest BCUT2D eigenvalue weighted by Gasteiger charge is 2.28. The lowest BCUT2D eigenvalue weighted by Crippen LogP contribution is -2.56.